The number of carbonyl (C=O) groups excluding carboxylic acids is 1. The topological polar surface area (TPSA) is 92.2 Å². The van der Waals surface area contributed by atoms with Crippen molar-refractivity contribution >= 4 is 23.2 Å². The Morgan fingerprint density at radius 1 is 1.43 bits per heavy atom. The van der Waals surface area contributed by atoms with Crippen LogP contribution in [0.5, 0.6) is 0 Å². The van der Waals surface area contributed by atoms with Gasteiger partial charge < -0.3 is 10.4 Å². The number of amides is 1. The summed E-state index contributed by atoms with van der Waals surface area (Å²) in [5.74, 6) is -1.17. The lowest BCUT2D eigenvalue weighted by Gasteiger charge is -2.10. The minimum Gasteiger partial charge on any atom is -0.476 e. The number of thiazole rings is 1. The minimum absolute atomic E-state index is 0.00424. The number of carboxylic acids is 1. The lowest BCUT2D eigenvalue weighted by Crippen LogP contribution is -2.26. The van der Waals surface area contributed by atoms with Gasteiger partial charge in [0.25, 0.3) is 0 Å². The molecule has 0 aliphatic rings. The van der Waals surface area contributed by atoms with Gasteiger partial charge in [0.2, 0.25) is 5.91 Å². The van der Waals surface area contributed by atoms with Crippen LogP contribution in [0.1, 0.15) is 40.6 Å². The standard InChI is InChI=1S/C14H15N3O3S/c1-9(13-17-11(8-21-13)14(19)20)16-12(18)6-5-10-4-2-3-7-15-10/h2-4,7-9H,5-6H2,1H3,(H,16,18)(H,19,20). The zero-order valence-electron chi connectivity index (χ0n) is 11.4. The fourth-order valence-electron chi connectivity index (χ4n) is 1.75. The number of nitrogens with zero attached hydrogens (tertiary/aromatic N) is 2. The Hall–Kier alpha value is -2.28. The summed E-state index contributed by atoms with van der Waals surface area (Å²) in [4.78, 5) is 30.8. The molecule has 7 heteroatoms. The quantitative estimate of drug-likeness (QED) is 0.852. The summed E-state index contributed by atoms with van der Waals surface area (Å²) in [5, 5.41) is 13.7. The molecule has 0 saturated carbocycles. The predicted octanol–water partition coefficient (Wildman–Crippen LogP) is 2.05. The first-order valence-corrected chi connectivity index (χ1v) is 7.32. The van der Waals surface area contributed by atoms with Crippen LogP contribution in [0.4, 0.5) is 0 Å². The van der Waals surface area contributed by atoms with Gasteiger partial charge in [-0.1, -0.05) is 6.07 Å². The van der Waals surface area contributed by atoms with E-state index in [4.69, 9.17) is 5.11 Å². The molecule has 0 bridgehead atoms. The summed E-state index contributed by atoms with van der Waals surface area (Å²) in [6.45, 7) is 1.78. The van der Waals surface area contributed by atoms with E-state index in [9.17, 15) is 9.59 Å². The van der Waals surface area contributed by atoms with Crippen LogP contribution in [-0.2, 0) is 11.2 Å². The fourth-order valence-corrected chi connectivity index (χ4v) is 2.55. The highest BCUT2D eigenvalue weighted by Gasteiger charge is 2.15. The van der Waals surface area contributed by atoms with E-state index in [-0.39, 0.29) is 17.6 Å². The average Bonchev–Trinajstić information content (AvgIpc) is 2.96. The summed E-state index contributed by atoms with van der Waals surface area (Å²) in [7, 11) is 0. The lowest BCUT2D eigenvalue weighted by molar-refractivity contribution is -0.121. The van der Waals surface area contributed by atoms with E-state index < -0.39 is 5.97 Å². The molecule has 1 unspecified atom stereocenters. The number of carboxylic acid groups (broad SMARTS) is 1. The van der Waals surface area contributed by atoms with E-state index in [0.717, 1.165) is 5.69 Å². The van der Waals surface area contributed by atoms with E-state index in [1.807, 2.05) is 18.2 Å². The summed E-state index contributed by atoms with van der Waals surface area (Å²) < 4.78 is 0. The molecule has 2 heterocycles. The van der Waals surface area contributed by atoms with Crippen LogP contribution in [-0.4, -0.2) is 27.0 Å². The van der Waals surface area contributed by atoms with E-state index in [1.165, 1.54) is 16.7 Å². The van der Waals surface area contributed by atoms with Crippen LogP contribution in [0.15, 0.2) is 29.8 Å². The van der Waals surface area contributed by atoms with Gasteiger partial charge in [-0.15, -0.1) is 11.3 Å². The van der Waals surface area contributed by atoms with Gasteiger partial charge in [0.15, 0.2) is 5.69 Å². The number of rotatable bonds is 6. The Kier molecular flexibility index (Phi) is 4.99. The molecular weight excluding hydrogens is 290 g/mol. The maximum absolute atomic E-state index is 11.9. The third-order valence-electron chi connectivity index (χ3n) is 2.82. The second-order valence-electron chi connectivity index (χ2n) is 4.49. The van der Waals surface area contributed by atoms with Crippen molar-refractivity contribution in [3.63, 3.8) is 0 Å². The first kappa shape index (κ1) is 15.1. The molecule has 2 rings (SSSR count). The van der Waals surface area contributed by atoms with Crippen molar-refractivity contribution in [1.29, 1.82) is 0 Å². The molecule has 0 fully saturated rings. The molecule has 0 radical (unpaired) electrons. The lowest BCUT2D eigenvalue weighted by atomic mass is 10.2. The van der Waals surface area contributed by atoms with Gasteiger partial charge in [-0.05, 0) is 25.5 Å². The Balaban J connectivity index is 1.85. The van der Waals surface area contributed by atoms with Gasteiger partial charge in [0.05, 0.1) is 6.04 Å². The van der Waals surface area contributed by atoms with Crippen molar-refractivity contribution in [2.24, 2.45) is 0 Å². The van der Waals surface area contributed by atoms with Crippen molar-refractivity contribution in [3.05, 3.63) is 46.2 Å². The zero-order chi connectivity index (χ0) is 15.2. The van der Waals surface area contributed by atoms with Gasteiger partial charge in [0.1, 0.15) is 5.01 Å². The third kappa shape index (κ3) is 4.35. The molecule has 0 aliphatic carbocycles. The average molecular weight is 305 g/mol. The van der Waals surface area contributed by atoms with Crippen molar-refractivity contribution in [2.75, 3.05) is 0 Å². The van der Waals surface area contributed by atoms with E-state index in [2.05, 4.69) is 15.3 Å². The number of carbonyl (C=O) groups is 2. The Morgan fingerprint density at radius 2 is 2.24 bits per heavy atom. The van der Waals surface area contributed by atoms with E-state index in [0.29, 0.717) is 17.8 Å². The number of aryl methyl sites for hydroxylation is 1. The molecule has 1 amide bonds. The zero-order valence-corrected chi connectivity index (χ0v) is 12.3. The minimum atomic E-state index is -1.06. The molecule has 1 atom stereocenters. The summed E-state index contributed by atoms with van der Waals surface area (Å²) in [5.41, 5.74) is 0.868. The molecule has 0 aliphatic heterocycles. The SMILES string of the molecule is CC(NC(=O)CCc1ccccn1)c1nc(C(=O)O)cs1. The molecule has 0 aromatic carbocycles. The number of nitrogens with one attached hydrogen (secondary N) is 1. The number of aromatic carboxylic acids is 1. The highest BCUT2D eigenvalue weighted by atomic mass is 32.1. The molecule has 0 spiro atoms. The molecule has 110 valence electrons. The number of hydrogen-bond donors (Lipinski definition) is 2. The largest absolute Gasteiger partial charge is 0.476 e. The molecule has 0 saturated heterocycles. The molecule has 2 N–H and O–H groups in total. The number of pyridine rings is 1. The number of aromatic nitrogens is 2. The van der Waals surface area contributed by atoms with E-state index in [1.54, 1.807) is 13.1 Å². The van der Waals surface area contributed by atoms with Crippen LogP contribution in [0.3, 0.4) is 0 Å². The maximum Gasteiger partial charge on any atom is 0.355 e. The molecule has 21 heavy (non-hydrogen) atoms. The molecule has 2 aromatic heterocycles. The van der Waals surface area contributed by atoms with Crippen molar-refractivity contribution in [1.82, 2.24) is 15.3 Å². The number of hydrogen-bond acceptors (Lipinski definition) is 5. The van der Waals surface area contributed by atoms with Crippen LogP contribution in [0.2, 0.25) is 0 Å². The third-order valence-corrected chi connectivity index (χ3v) is 3.85. The Labute approximate surface area is 125 Å². The summed E-state index contributed by atoms with van der Waals surface area (Å²) in [6, 6.07) is 5.27. The van der Waals surface area contributed by atoms with Crippen LogP contribution in [0.25, 0.3) is 0 Å². The second kappa shape index (κ2) is 6.94. The van der Waals surface area contributed by atoms with Gasteiger partial charge in [-0.25, -0.2) is 9.78 Å². The van der Waals surface area contributed by atoms with Crippen molar-refractivity contribution < 1.29 is 14.7 Å². The van der Waals surface area contributed by atoms with Gasteiger partial charge in [-0.3, -0.25) is 9.78 Å². The van der Waals surface area contributed by atoms with Gasteiger partial charge in [0, 0.05) is 23.7 Å². The van der Waals surface area contributed by atoms with Crippen LogP contribution < -0.4 is 5.32 Å². The smallest absolute Gasteiger partial charge is 0.355 e. The van der Waals surface area contributed by atoms with Gasteiger partial charge in [-0.2, -0.15) is 0 Å². The first-order chi connectivity index (χ1) is 10.1. The maximum atomic E-state index is 11.9. The predicted molar refractivity (Wildman–Crippen MR) is 78.2 cm³/mol. The van der Waals surface area contributed by atoms with Crippen molar-refractivity contribution in [2.45, 2.75) is 25.8 Å². The van der Waals surface area contributed by atoms with Crippen molar-refractivity contribution in [3.8, 4) is 0 Å². The monoisotopic (exact) mass is 305 g/mol. The van der Waals surface area contributed by atoms with Crippen LogP contribution in [0, 0.1) is 0 Å². The summed E-state index contributed by atoms with van der Waals surface area (Å²) in [6.07, 6.45) is 2.59. The fraction of sp³-hybridized carbons (Fsp3) is 0.286. The summed E-state index contributed by atoms with van der Waals surface area (Å²) >= 11 is 1.22. The molecule has 6 nitrogen and oxygen atoms in total. The van der Waals surface area contributed by atoms with E-state index >= 15 is 0 Å². The normalized spacial score (nSPS) is 11.9. The molecule has 2 aromatic rings. The Morgan fingerprint density at radius 3 is 2.86 bits per heavy atom. The Bertz CT molecular complexity index is 627. The highest BCUT2D eigenvalue weighted by molar-refractivity contribution is 7.09. The highest BCUT2D eigenvalue weighted by Crippen LogP contribution is 2.18. The van der Waals surface area contributed by atoms with Crippen LogP contribution >= 0.6 is 11.3 Å². The first-order valence-electron chi connectivity index (χ1n) is 6.44. The van der Waals surface area contributed by atoms with Gasteiger partial charge >= 0.3 is 5.97 Å². The second-order valence-corrected chi connectivity index (χ2v) is 5.38. The molecular formula is C14H15N3O3S.